The third-order valence-corrected chi connectivity index (χ3v) is 3.19. The molecule has 0 fully saturated rings. The maximum absolute atomic E-state index is 12.0. The molecule has 0 unspecified atom stereocenters. The summed E-state index contributed by atoms with van der Waals surface area (Å²) in [6.07, 6.45) is 0. The van der Waals surface area contributed by atoms with Crippen molar-refractivity contribution in [3.63, 3.8) is 0 Å². The van der Waals surface area contributed by atoms with E-state index < -0.39 is 0 Å². The summed E-state index contributed by atoms with van der Waals surface area (Å²) in [5.41, 5.74) is 0.775. The van der Waals surface area contributed by atoms with E-state index in [1.165, 1.54) is 13.2 Å². The number of amides is 1. The Balaban J connectivity index is 2.14. The molecule has 6 nitrogen and oxygen atoms in total. The number of aromatic nitrogens is 1. The molecule has 0 spiro atoms. The first-order valence-corrected chi connectivity index (χ1v) is 6.52. The van der Waals surface area contributed by atoms with Crippen LogP contribution in [-0.2, 0) is 11.3 Å². The largest absolute Gasteiger partial charge is 0.497 e. The molecule has 7 heteroatoms. The second kappa shape index (κ2) is 6.53. The number of benzene rings is 1. The van der Waals surface area contributed by atoms with Gasteiger partial charge in [-0.1, -0.05) is 5.16 Å². The maximum atomic E-state index is 12.0. The van der Waals surface area contributed by atoms with Gasteiger partial charge in [-0.3, -0.25) is 4.79 Å². The Labute approximate surface area is 124 Å². The molecule has 0 aliphatic carbocycles. The highest BCUT2D eigenvalue weighted by atomic mass is 79.9. The Morgan fingerprint density at radius 1 is 1.40 bits per heavy atom. The summed E-state index contributed by atoms with van der Waals surface area (Å²) >= 11 is 3.36. The molecule has 106 valence electrons. The van der Waals surface area contributed by atoms with Gasteiger partial charge in [-0.05, 0) is 28.1 Å². The molecule has 0 saturated heterocycles. The Kier molecular flexibility index (Phi) is 4.75. The van der Waals surface area contributed by atoms with Gasteiger partial charge in [0.25, 0.3) is 5.91 Å². The van der Waals surface area contributed by atoms with Crippen LogP contribution < -0.4 is 10.1 Å². The van der Waals surface area contributed by atoms with Crippen molar-refractivity contribution in [2.45, 2.75) is 6.61 Å². The van der Waals surface area contributed by atoms with Gasteiger partial charge in [-0.15, -0.1) is 0 Å². The van der Waals surface area contributed by atoms with Crippen molar-refractivity contribution in [3.8, 4) is 5.75 Å². The highest BCUT2D eigenvalue weighted by Crippen LogP contribution is 2.27. The lowest BCUT2D eigenvalue weighted by molar-refractivity contribution is 0.101. The highest BCUT2D eigenvalue weighted by molar-refractivity contribution is 9.10. The van der Waals surface area contributed by atoms with Gasteiger partial charge in [0, 0.05) is 23.7 Å². The normalized spacial score (nSPS) is 10.3. The Hall–Kier alpha value is -1.86. The van der Waals surface area contributed by atoms with Crippen LogP contribution in [-0.4, -0.2) is 25.3 Å². The molecule has 1 aromatic carbocycles. The SMILES string of the molecule is COCc1cc(C(=O)Nc2cc(OC)ccc2Br)no1. The van der Waals surface area contributed by atoms with Gasteiger partial charge < -0.3 is 19.3 Å². The van der Waals surface area contributed by atoms with E-state index in [0.717, 1.165) is 4.47 Å². The minimum absolute atomic E-state index is 0.187. The van der Waals surface area contributed by atoms with Crippen molar-refractivity contribution in [3.05, 3.63) is 40.2 Å². The van der Waals surface area contributed by atoms with Crippen LogP contribution in [0.4, 0.5) is 5.69 Å². The number of ether oxygens (including phenoxy) is 2. The molecule has 1 aromatic heterocycles. The zero-order valence-electron chi connectivity index (χ0n) is 11.0. The van der Waals surface area contributed by atoms with Crippen LogP contribution in [0.25, 0.3) is 0 Å². The van der Waals surface area contributed by atoms with E-state index in [-0.39, 0.29) is 18.2 Å². The van der Waals surface area contributed by atoms with Crippen molar-refractivity contribution in [1.82, 2.24) is 5.16 Å². The van der Waals surface area contributed by atoms with Crippen LogP contribution in [0.5, 0.6) is 5.75 Å². The molecule has 2 aromatic rings. The van der Waals surface area contributed by atoms with Crippen LogP contribution >= 0.6 is 15.9 Å². The first-order valence-electron chi connectivity index (χ1n) is 5.73. The van der Waals surface area contributed by atoms with Crippen LogP contribution in [0.15, 0.2) is 33.3 Å². The minimum atomic E-state index is -0.370. The molecular weight excluding hydrogens is 328 g/mol. The summed E-state index contributed by atoms with van der Waals surface area (Å²) in [6, 6.07) is 6.81. The van der Waals surface area contributed by atoms with E-state index in [1.807, 2.05) is 0 Å². The molecule has 1 heterocycles. The van der Waals surface area contributed by atoms with Gasteiger partial charge in [-0.2, -0.15) is 0 Å². The van der Waals surface area contributed by atoms with Crippen LogP contribution in [0.3, 0.4) is 0 Å². The number of hydrogen-bond donors (Lipinski definition) is 1. The zero-order chi connectivity index (χ0) is 14.5. The number of hydrogen-bond acceptors (Lipinski definition) is 5. The van der Waals surface area contributed by atoms with Gasteiger partial charge in [0.05, 0.1) is 12.8 Å². The number of carbonyl (C=O) groups is 1. The van der Waals surface area contributed by atoms with Crippen molar-refractivity contribution >= 4 is 27.5 Å². The van der Waals surface area contributed by atoms with Gasteiger partial charge in [0.15, 0.2) is 11.5 Å². The summed E-state index contributed by atoms with van der Waals surface area (Å²) in [5, 5.41) is 6.42. The quantitative estimate of drug-likeness (QED) is 0.905. The Morgan fingerprint density at radius 2 is 2.20 bits per heavy atom. The molecule has 1 N–H and O–H groups in total. The van der Waals surface area contributed by atoms with Crippen molar-refractivity contribution in [2.75, 3.05) is 19.5 Å². The standard InChI is InChI=1S/C13H13BrN2O4/c1-18-7-9-6-12(16-20-9)13(17)15-11-5-8(19-2)3-4-10(11)14/h3-6H,7H2,1-2H3,(H,15,17). The lowest BCUT2D eigenvalue weighted by Gasteiger charge is -2.07. The Bertz CT molecular complexity index is 612. The van der Waals surface area contributed by atoms with Crippen LogP contribution in [0.1, 0.15) is 16.2 Å². The topological polar surface area (TPSA) is 73.6 Å². The third-order valence-electron chi connectivity index (χ3n) is 2.50. The van der Waals surface area contributed by atoms with E-state index in [1.54, 1.807) is 25.3 Å². The number of methoxy groups -OCH3 is 2. The highest BCUT2D eigenvalue weighted by Gasteiger charge is 2.14. The average molecular weight is 341 g/mol. The fraction of sp³-hybridized carbons (Fsp3) is 0.231. The van der Waals surface area contributed by atoms with Gasteiger partial charge in [0.1, 0.15) is 12.4 Å². The molecule has 0 bridgehead atoms. The van der Waals surface area contributed by atoms with E-state index in [9.17, 15) is 4.79 Å². The van der Waals surface area contributed by atoms with Crippen molar-refractivity contribution in [1.29, 1.82) is 0 Å². The second-order valence-electron chi connectivity index (χ2n) is 3.91. The fourth-order valence-corrected chi connectivity index (χ4v) is 1.89. The molecule has 20 heavy (non-hydrogen) atoms. The van der Waals surface area contributed by atoms with Crippen LogP contribution in [0, 0.1) is 0 Å². The molecule has 0 saturated carbocycles. The first kappa shape index (κ1) is 14.5. The van der Waals surface area contributed by atoms with Crippen LogP contribution in [0.2, 0.25) is 0 Å². The lowest BCUT2D eigenvalue weighted by atomic mass is 10.3. The molecule has 0 aliphatic heterocycles. The maximum Gasteiger partial charge on any atom is 0.277 e. The fourth-order valence-electron chi connectivity index (χ4n) is 1.54. The minimum Gasteiger partial charge on any atom is -0.497 e. The monoisotopic (exact) mass is 340 g/mol. The predicted molar refractivity (Wildman–Crippen MR) is 75.9 cm³/mol. The van der Waals surface area contributed by atoms with Crippen molar-refractivity contribution < 1.29 is 18.8 Å². The van der Waals surface area contributed by atoms with Crippen molar-refractivity contribution in [2.24, 2.45) is 0 Å². The molecule has 2 rings (SSSR count). The number of anilines is 1. The van der Waals surface area contributed by atoms with Gasteiger partial charge in [-0.25, -0.2) is 0 Å². The van der Waals surface area contributed by atoms with E-state index in [2.05, 4.69) is 26.4 Å². The summed E-state index contributed by atoms with van der Waals surface area (Å²) in [6.45, 7) is 0.267. The number of carbonyl (C=O) groups excluding carboxylic acids is 1. The molecule has 0 aliphatic rings. The average Bonchev–Trinajstić information content (AvgIpc) is 2.90. The second-order valence-corrected chi connectivity index (χ2v) is 4.77. The number of nitrogens with one attached hydrogen (secondary N) is 1. The number of rotatable bonds is 5. The van der Waals surface area contributed by atoms with Gasteiger partial charge in [0.2, 0.25) is 0 Å². The lowest BCUT2D eigenvalue weighted by Crippen LogP contribution is -2.12. The van der Waals surface area contributed by atoms with E-state index >= 15 is 0 Å². The summed E-state index contributed by atoms with van der Waals surface area (Å²) in [7, 11) is 3.10. The zero-order valence-corrected chi connectivity index (χ0v) is 12.6. The van der Waals surface area contributed by atoms with Gasteiger partial charge >= 0.3 is 0 Å². The number of nitrogens with zero attached hydrogens (tertiary/aromatic N) is 1. The first-order chi connectivity index (χ1) is 9.63. The van der Waals surface area contributed by atoms with E-state index in [0.29, 0.717) is 17.2 Å². The molecular formula is C13H13BrN2O4. The summed E-state index contributed by atoms with van der Waals surface area (Å²) < 4.78 is 15.7. The van der Waals surface area contributed by atoms with E-state index in [4.69, 9.17) is 14.0 Å². The summed E-state index contributed by atoms with van der Waals surface area (Å²) in [4.78, 5) is 12.0. The molecule has 0 atom stereocenters. The third kappa shape index (κ3) is 3.37. The molecule has 0 radical (unpaired) electrons. The predicted octanol–water partition coefficient (Wildman–Crippen LogP) is 2.84. The number of halogens is 1. The smallest absolute Gasteiger partial charge is 0.277 e. The summed E-state index contributed by atoms with van der Waals surface area (Å²) in [5.74, 6) is 0.760. The Morgan fingerprint density at radius 3 is 2.90 bits per heavy atom. The molecule has 1 amide bonds.